The average molecular weight is 288 g/mol. The third-order valence-electron chi connectivity index (χ3n) is 4.15. The van der Waals surface area contributed by atoms with Crippen molar-refractivity contribution in [2.75, 3.05) is 19.8 Å². The van der Waals surface area contributed by atoms with Crippen LogP contribution in [-0.2, 0) is 6.42 Å². The average Bonchev–Trinajstić information content (AvgIpc) is 2.89. The van der Waals surface area contributed by atoms with Crippen LogP contribution in [0.1, 0.15) is 43.5 Å². The molecule has 0 radical (unpaired) electrons. The first-order chi connectivity index (χ1) is 10.3. The number of rotatable bonds is 6. The lowest BCUT2D eigenvalue weighted by Crippen LogP contribution is -2.27. The summed E-state index contributed by atoms with van der Waals surface area (Å²) in [4.78, 5) is 3.56. The third kappa shape index (κ3) is 2.92. The summed E-state index contributed by atoms with van der Waals surface area (Å²) < 4.78 is 5.75. The summed E-state index contributed by atoms with van der Waals surface area (Å²) in [5.74, 6) is 0.955. The molecule has 3 N–H and O–H groups in total. The largest absolute Gasteiger partial charge is 0.494 e. The lowest BCUT2D eigenvalue weighted by atomic mass is 9.91. The van der Waals surface area contributed by atoms with Crippen LogP contribution < -0.4 is 10.1 Å². The number of H-pyrrole nitrogens is 1. The summed E-state index contributed by atoms with van der Waals surface area (Å²) in [6.07, 6.45) is 4.45. The first kappa shape index (κ1) is 14.4. The van der Waals surface area contributed by atoms with Gasteiger partial charge in [-0.15, -0.1) is 0 Å². The highest BCUT2D eigenvalue weighted by Gasteiger charge is 2.23. The van der Waals surface area contributed by atoms with Crippen LogP contribution >= 0.6 is 0 Å². The predicted molar refractivity (Wildman–Crippen MR) is 84.9 cm³/mol. The van der Waals surface area contributed by atoms with Crippen molar-refractivity contribution in [1.29, 1.82) is 0 Å². The van der Waals surface area contributed by atoms with Crippen LogP contribution in [0.25, 0.3) is 10.9 Å². The molecule has 4 nitrogen and oxygen atoms in total. The number of aromatic amines is 1. The van der Waals surface area contributed by atoms with Gasteiger partial charge >= 0.3 is 0 Å². The highest BCUT2D eigenvalue weighted by Crippen LogP contribution is 2.36. The molecule has 0 saturated carbocycles. The molecule has 0 fully saturated rings. The van der Waals surface area contributed by atoms with E-state index in [9.17, 15) is 0 Å². The minimum atomic E-state index is 0.182. The van der Waals surface area contributed by atoms with Gasteiger partial charge in [0.25, 0.3) is 0 Å². The fraction of sp³-hybridized carbons (Fsp3) is 0.529. The SMILES string of the molecule is CCCOc1ccc2[nH]c3c(c2c1)CCCC3NCCO. The molecule has 0 saturated heterocycles. The van der Waals surface area contributed by atoms with Gasteiger partial charge in [0.2, 0.25) is 0 Å². The Kier molecular flexibility index (Phi) is 4.46. The quantitative estimate of drug-likeness (QED) is 0.766. The van der Waals surface area contributed by atoms with Crippen molar-refractivity contribution in [3.63, 3.8) is 0 Å². The van der Waals surface area contributed by atoms with Gasteiger partial charge in [-0.25, -0.2) is 0 Å². The van der Waals surface area contributed by atoms with Crippen LogP contribution in [0.2, 0.25) is 0 Å². The van der Waals surface area contributed by atoms with Crippen molar-refractivity contribution in [2.24, 2.45) is 0 Å². The molecule has 0 aliphatic heterocycles. The summed E-state index contributed by atoms with van der Waals surface area (Å²) in [6.45, 7) is 3.71. The molecule has 0 amide bonds. The lowest BCUT2D eigenvalue weighted by Gasteiger charge is -2.23. The molecule has 4 heteroatoms. The first-order valence-electron chi connectivity index (χ1n) is 7.95. The van der Waals surface area contributed by atoms with Crippen molar-refractivity contribution >= 4 is 10.9 Å². The van der Waals surface area contributed by atoms with Crippen molar-refractivity contribution in [2.45, 2.75) is 38.6 Å². The van der Waals surface area contributed by atoms with Crippen LogP contribution in [0.3, 0.4) is 0 Å². The number of aromatic nitrogens is 1. The van der Waals surface area contributed by atoms with Crippen molar-refractivity contribution in [3.05, 3.63) is 29.5 Å². The van der Waals surface area contributed by atoms with Crippen LogP contribution in [0.4, 0.5) is 0 Å². The van der Waals surface area contributed by atoms with Crippen LogP contribution in [0.5, 0.6) is 5.75 Å². The van der Waals surface area contributed by atoms with E-state index < -0.39 is 0 Å². The van der Waals surface area contributed by atoms with E-state index in [0.717, 1.165) is 31.6 Å². The summed E-state index contributed by atoms with van der Waals surface area (Å²) in [6, 6.07) is 6.64. The molecule has 1 heterocycles. The van der Waals surface area contributed by atoms with Crippen molar-refractivity contribution < 1.29 is 9.84 Å². The van der Waals surface area contributed by atoms with Crippen LogP contribution in [0, 0.1) is 0 Å². The maximum absolute atomic E-state index is 9.01. The van der Waals surface area contributed by atoms with Gasteiger partial charge in [-0.2, -0.15) is 0 Å². The van der Waals surface area contributed by atoms with Gasteiger partial charge in [-0.3, -0.25) is 0 Å². The van der Waals surface area contributed by atoms with Crippen LogP contribution in [0.15, 0.2) is 18.2 Å². The van der Waals surface area contributed by atoms with Crippen molar-refractivity contribution in [3.8, 4) is 5.75 Å². The summed E-state index contributed by atoms with van der Waals surface area (Å²) >= 11 is 0. The van der Waals surface area contributed by atoms with E-state index in [2.05, 4.69) is 29.4 Å². The summed E-state index contributed by atoms with van der Waals surface area (Å²) in [7, 11) is 0. The molecule has 1 atom stereocenters. The fourth-order valence-electron chi connectivity index (χ4n) is 3.19. The normalized spacial score (nSPS) is 17.9. The number of nitrogens with one attached hydrogen (secondary N) is 2. The van der Waals surface area contributed by atoms with E-state index >= 15 is 0 Å². The van der Waals surface area contributed by atoms with Gasteiger partial charge in [0.05, 0.1) is 13.2 Å². The second-order valence-corrected chi connectivity index (χ2v) is 5.70. The lowest BCUT2D eigenvalue weighted by molar-refractivity contribution is 0.280. The zero-order valence-electron chi connectivity index (χ0n) is 12.6. The van der Waals surface area contributed by atoms with Crippen LogP contribution in [-0.4, -0.2) is 29.8 Å². The minimum Gasteiger partial charge on any atom is -0.494 e. The maximum atomic E-state index is 9.01. The minimum absolute atomic E-state index is 0.182. The van der Waals surface area contributed by atoms with Gasteiger partial charge in [-0.1, -0.05) is 6.92 Å². The fourth-order valence-corrected chi connectivity index (χ4v) is 3.19. The smallest absolute Gasteiger partial charge is 0.120 e. The number of aliphatic hydroxyl groups excluding tert-OH is 1. The Bertz CT molecular complexity index is 606. The van der Waals surface area contributed by atoms with E-state index in [1.807, 2.05) is 6.07 Å². The standard InChI is InChI=1S/C17H24N2O2/c1-2-10-21-12-6-7-15-14(11-12)13-4-3-5-16(17(13)19-15)18-8-9-20/h6-7,11,16,18-20H,2-5,8-10H2,1H3. The van der Waals surface area contributed by atoms with Gasteiger partial charge in [0.1, 0.15) is 5.75 Å². The molecule has 1 aliphatic rings. The van der Waals surface area contributed by atoms with E-state index in [0.29, 0.717) is 12.6 Å². The third-order valence-corrected chi connectivity index (χ3v) is 4.15. The Morgan fingerprint density at radius 1 is 1.43 bits per heavy atom. The highest BCUT2D eigenvalue weighted by atomic mass is 16.5. The zero-order valence-corrected chi connectivity index (χ0v) is 12.6. The molecule has 0 bridgehead atoms. The molecule has 3 rings (SSSR count). The molecule has 2 aromatic rings. The molecule has 114 valence electrons. The molecular formula is C17H24N2O2. The number of aliphatic hydroxyl groups is 1. The number of benzene rings is 1. The molecule has 1 unspecified atom stereocenters. The molecular weight excluding hydrogens is 264 g/mol. The van der Waals surface area contributed by atoms with Gasteiger partial charge < -0.3 is 20.1 Å². The first-order valence-corrected chi connectivity index (χ1v) is 7.95. The van der Waals surface area contributed by atoms with E-state index in [1.165, 1.54) is 28.6 Å². The van der Waals surface area contributed by atoms with E-state index in [4.69, 9.17) is 9.84 Å². The second-order valence-electron chi connectivity index (χ2n) is 5.70. The maximum Gasteiger partial charge on any atom is 0.120 e. The summed E-state index contributed by atoms with van der Waals surface area (Å²) in [5.41, 5.74) is 3.88. The molecule has 0 spiro atoms. The van der Waals surface area contributed by atoms with Gasteiger partial charge in [0, 0.05) is 29.2 Å². The highest BCUT2D eigenvalue weighted by molar-refractivity contribution is 5.86. The Balaban J connectivity index is 1.93. The van der Waals surface area contributed by atoms with E-state index in [1.54, 1.807) is 0 Å². The Morgan fingerprint density at radius 2 is 2.33 bits per heavy atom. The Hall–Kier alpha value is -1.52. The Morgan fingerprint density at radius 3 is 3.14 bits per heavy atom. The molecule has 1 aromatic heterocycles. The van der Waals surface area contributed by atoms with Gasteiger partial charge in [0.15, 0.2) is 0 Å². The molecule has 1 aliphatic carbocycles. The number of ether oxygens (including phenoxy) is 1. The number of hydrogen-bond acceptors (Lipinski definition) is 3. The molecule has 21 heavy (non-hydrogen) atoms. The van der Waals surface area contributed by atoms with E-state index in [-0.39, 0.29) is 6.61 Å². The van der Waals surface area contributed by atoms with Gasteiger partial charge in [-0.05, 0) is 49.4 Å². The summed E-state index contributed by atoms with van der Waals surface area (Å²) in [5, 5.41) is 13.7. The molecule has 1 aromatic carbocycles. The number of aryl methyl sites for hydroxylation is 1. The predicted octanol–water partition coefficient (Wildman–Crippen LogP) is 2.92. The monoisotopic (exact) mass is 288 g/mol. The second kappa shape index (κ2) is 6.50. The zero-order chi connectivity index (χ0) is 14.7. The van der Waals surface area contributed by atoms with Crippen molar-refractivity contribution in [1.82, 2.24) is 10.3 Å². The topological polar surface area (TPSA) is 57.3 Å². The number of fused-ring (bicyclic) bond motifs is 3. The Labute approximate surface area is 125 Å². The number of hydrogen-bond donors (Lipinski definition) is 3.